The third-order valence-corrected chi connectivity index (χ3v) is 4.23. The van der Waals surface area contributed by atoms with Crippen molar-refractivity contribution in [2.24, 2.45) is 0 Å². The molecule has 5 heteroatoms. The van der Waals surface area contributed by atoms with Crippen LogP contribution in [-0.4, -0.2) is 23.6 Å². The number of nitrogens with one attached hydrogen (secondary N) is 2. The minimum absolute atomic E-state index is 0.726. The van der Waals surface area contributed by atoms with Crippen molar-refractivity contribution in [1.82, 2.24) is 9.97 Å². The lowest BCUT2D eigenvalue weighted by Gasteiger charge is -2.12. The monoisotopic (exact) mass is 362 g/mol. The Morgan fingerprint density at radius 3 is 2.33 bits per heavy atom. The van der Waals surface area contributed by atoms with Gasteiger partial charge in [0.2, 0.25) is 0 Å². The molecule has 0 saturated heterocycles. The lowest BCUT2D eigenvalue weighted by molar-refractivity contribution is 0.410. The van der Waals surface area contributed by atoms with Gasteiger partial charge in [-0.1, -0.05) is 24.3 Å². The van der Waals surface area contributed by atoms with Crippen LogP contribution in [0.3, 0.4) is 0 Å². The summed E-state index contributed by atoms with van der Waals surface area (Å²) >= 11 is 0. The maximum Gasteiger partial charge on any atom is 0.136 e. The summed E-state index contributed by atoms with van der Waals surface area (Å²) in [4.78, 5) is 8.99. The van der Waals surface area contributed by atoms with Crippen LogP contribution in [0.15, 0.2) is 48.5 Å². The van der Waals surface area contributed by atoms with Gasteiger partial charge in [0.25, 0.3) is 0 Å². The Labute approximate surface area is 160 Å². The van der Waals surface area contributed by atoms with Crippen molar-refractivity contribution in [1.29, 1.82) is 0 Å². The Balaban J connectivity index is 1.68. The number of aryl methyl sites for hydroxylation is 3. The van der Waals surface area contributed by atoms with Gasteiger partial charge in [0.1, 0.15) is 23.2 Å². The fourth-order valence-corrected chi connectivity index (χ4v) is 3.15. The molecule has 3 aromatic rings. The molecule has 0 fully saturated rings. The van der Waals surface area contributed by atoms with Crippen LogP contribution >= 0.6 is 0 Å². The zero-order valence-electron chi connectivity index (χ0n) is 16.3. The molecule has 0 aliphatic heterocycles. The molecule has 140 valence electrons. The molecule has 0 spiro atoms. The van der Waals surface area contributed by atoms with Crippen LogP contribution in [0.4, 0.5) is 17.3 Å². The molecule has 0 atom stereocenters. The first-order chi connectivity index (χ1) is 13.0. The Kier molecular flexibility index (Phi) is 5.91. The Morgan fingerprint density at radius 1 is 0.889 bits per heavy atom. The van der Waals surface area contributed by atoms with E-state index in [1.54, 1.807) is 7.11 Å². The highest BCUT2D eigenvalue weighted by Crippen LogP contribution is 2.21. The third-order valence-electron chi connectivity index (χ3n) is 4.23. The molecule has 2 N–H and O–H groups in total. The van der Waals surface area contributed by atoms with Crippen molar-refractivity contribution in [2.75, 3.05) is 24.3 Å². The van der Waals surface area contributed by atoms with Gasteiger partial charge in [-0.3, -0.25) is 0 Å². The highest BCUT2D eigenvalue weighted by Gasteiger charge is 2.05. The quantitative estimate of drug-likeness (QED) is 0.632. The van der Waals surface area contributed by atoms with Crippen LogP contribution in [0, 0.1) is 20.8 Å². The summed E-state index contributed by atoms with van der Waals surface area (Å²) in [5.74, 6) is 3.23. The zero-order valence-corrected chi connectivity index (χ0v) is 16.3. The van der Waals surface area contributed by atoms with Gasteiger partial charge in [0.05, 0.1) is 7.11 Å². The maximum atomic E-state index is 5.41. The van der Waals surface area contributed by atoms with Gasteiger partial charge in [-0.15, -0.1) is 0 Å². The number of aromatic nitrogens is 2. The smallest absolute Gasteiger partial charge is 0.136 e. The molecule has 0 saturated carbocycles. The molecule has 0 aliphatic rings. The van der Waals surface area contributed by atoms with Crippen LogP contribution in [0.25, 0.3) is 0 Å². The minimum Gasteiger partial charge on any atom is -0.496 e. The zero-order chi connectivity index (χ0) is 19.2. The van der Waals surface area contributed by atoms with E-state index < -0.39 is 0 Å². The Hall–Kier alpha value is -3.08. The van der Waals surface area contributed by atoms with Crippen molar-refractivity contribution < 1.29 is 4.74 Å². The number of para-hydroxylation sites is 1. The molecule has 0 unspecified atom stereocenters. The molecule has 1 heterocycles. The molecule has 27 heavy (non-hydrogen) atoms. The number of benzene rings is 2. The first kappa shape index (κ1) is 18.7. The first-order valence-electron chi connectivity index (χ1n) is 9.10. The number of anilines is 3. The van der Waals surface area contributed by atoms with Gasteiger partial charge in [0, 0.05) is 18.3 Å². The van der Waals surface area contributed by atoms with Gasteiger partial charge >= 0.3 is 0 Å². The first-order valence-corrected chi connectivity index (χ1v) is 9.10. The van der Waals surface area contributed by atoms with Crippen LogP contribution in [-0.2, 0) is 6.42 Å². The van der Waals surface area contributed by atoms with E-state index >= 15 is 0 Å². The molecular weight excluding hydrogens is 336 g/mol. The molecule has 0 radical (unpaired) electrons. The predicted molar refractivity (Wildman–Crippen MR) is 111 cm³/mol. The topological polar surface area (TPSA) is 59.1 Å². The number of methoxy groups -OCH3 is 1. The summed E-state index contributed by atoms with van der Waals surface area (Å²) in [5, 5.41) is 6.77. The number of nitrogens with zero attached hydrogens (tertiary/aromatic N) is 2. The van der Waals surface area contributed by atoms with Gasteiger partial charge in [-0.25, -0.2) is 9.97 Å². The van der Waals surface area contributed by atoms with E-state index in [1.165, 1.54) is 16.7 Å². The minimum atomic E-state index is 0.726. The summed E-state index contributed by atoms with van der Waals surface area (Å²) in [6.07, 6.45) is 0.854. The molecule has 1 aromatic heterocycles. The lowest BCUT2D eigenvalue weighted by atomic mass is 10.1. The Bertz CT molecular complexity index is 904. The van der Waals surface area contributed by atoms with E-state index in [0.717, 1.165) is 41.9 Å². The number of hydrogen-bond donors (Lipinski definition) is 2. The van der Waals surface area contributed by atoms with Crippen LogP contribution in [0.5, 0.6) is 5.75 Å². The standard InChI is InChI=1S/C22H26N4O/c1-15-11-16(2)13-19(12-15)26-22-14-21(24-17(3)25-22)23-10-9-18-7-5-6-8-20(18)27-4/h5-8,11-14H,9-10H2,1-4H3,(H2,23,24,25,26). The average Bonchev–Trinajstić information content (AvgIpc) is 2.61. The van der Waals surface area contributed by atoms with Crippen LogP contribution in [0.2, 0.25) is 0 Å². The summed E-state index contributed by atoms with van der Waals surface area (Å²) in [6, 6.07) is 16.4. The largest absolute Gasteiger partial charge is 0.496 e. The molecular formula is C22H26N4O. The Morgan fingerprint density at radius 2 is 1.59 bits per heavy atom. The highest BCUT2D eigenvalue weighted by atomic mass is 16.5. The van der Waals surface area contributed by atoms with E-state index in [-0.39, 0.29) is 0 Å². The van der Waals surface area contributed by atoms with Gasteiger partial charge in [-0.05, 0) is 62.1 Å². The second kappa shape index (κ2) is 8.54. The number of hydrogen-bond acceptors (Lipinski definition) is 5. The molecule has 3 rings (SSSR count). The summed E-state index contributed by atoms with van der Waals surface area (Å²) in [5.41, 5.74) is 4.65. The van der Waals surface area contributed by atoms with E-state index in [2.05, 4.69) is 58.7 Å². The predicted octanol–water partition coefficient (Wildman–Crippen LogP) is 4.81. The van der Waals surface area contributed by atoms with Gasteiger partial charge < -0.3 is 15.4 Å². The van der Waals surface area contributed by atoms with Crippen LogP contribution < -0.4 is 15.4 Å². The second-order valence-corrected chi connectivity index (χ2v) is 6.68. The second-order valence-electron chi connectivity index (χ2n) is 6.68. The maximum absolute atomic E-state index is 5.41. The SMILES string of the molecule is COc1ccccc1CCNc1cc(Nc2cc(C)cc(C)c2)nc(C)n1. The van der Waals surface area contributed by atoms with E-state index in [1.807, 2.05) is 31.2 Å². The van der Waals surface area contributed by atoms with Crippen LogP contribution in [0.1, 0.15) is 22.5 Å². The summed E-state index contributed by atoms with van der Waals surface area (Å²) < 4.78 is 5.41. The fraction of sp³-hybridized carbons (Fsp3) is 0.273. The molecule has 0 amide bonds. The molecule has 0 bridgehead atoms. The van der Waals surface area contributed by atoms with Gasteiger partial charge in [-0.2, -0.15) is 0 Å². The van der Waals surface area contributed by atoms with E-state index in [4.69, 9.17) is 4.74 Å². The van der Waals surface area contributed by atoms with E-state index in [0.29, 0.717) is 0 Å². The fourth-order valence-electron chi connectivity index (χ4n) is 3.15. The lowest BCUT2D eigenvalue weighted by Crippen LogP contribution is -2.09. The average molecular weight is 362 g/mol. The highest BCUT2D eigenvalue weighted by molar-refractivity contribution is 5.60. The number of rotatable bonds is 7. The summed E-state index contributed by atoms with van der Waals surface area (Å²) in [7, 11) is 1.70. The molecule has 0 aliphatic carbocycles. The van der Waals surface area contributed by atoms with Gasteiger partial charge in [0.15, 0.2) is 0 Å². The van der Waals surface area contributed by atoms with Crippen molar-refractivity contribution in [3.05, 3.63) is 71.0 Å². The molecule has 5 nitrogen and oxygen atoms in total. The summed E-state index contributed by atoms with van der Waals surface area (Å²) in [6.45, 7) is 6.85. The van der Waals surface area contributed by atoms with E-state index in [9.17, 15) is 0 Å². The van der Waals surface area contributed by atoms with Crippen molar-refractivity contribution in [3.8, 4) is 5.75 Å². The third kappa shape index (κ3) is 5.20. The van der Waals surface area contributed by atoms with Crippen molar-refractivity contribution in [2.45, 2.75) is 27.2 Å². The molecule has 2 aromatic carbocycles. The number of ether oxygens (including phenoxy) is 1. The van der Waals surface area contributed by atoms with Crippen molar-refractivity contribution in [3.63, 3.8) is 0 Å². The van der Waals surface area contributed by atoms with Crippen molar-refractivity contribution >= 4 is 17.3 Å². The normalized spacial score (nSPS) is 10.5.